The maximum atomic E-state index is 13.6. The van der Waals surface area contributed by atoms with Crippen molar-refractivity contribution < 1.29 is 28.2 Å². The van der Waals surface area contributed by atoms with Gasteiger partial charge in [0.1, 0.15) is 23.4 Å². The van der Waals surface area contributed by atoms with Gasteiger partial charge in [-0.3, -0.25) is 9.59 Å². The van der Waals surface area contributed by atoms with Gasteiger partial charge in [0, 0.05) is 42.3 Å². The highest BCUT2D eigenvalue weighted by Gasteiger charge is 2.47. The standard InChI is InChI=1S/C27H29Cl2FN2O5/c1-35-25-10-18(37-24-5-2-16(28)8-19(24)25)11-26(33)31-22-12-23(15-6-14(22)7-15)32-27(34)13-36-17-3-4-20(29)21(30)9-17/h2-5,8-9,14-15,18,22-23,25H,6-7,10-13H2,1H3,(H,31,33)(H,32,34)/t14?,15?,18-,22?,23?,25-/m1/s1. The van der Waals surface area contributed by atoms with E-state index in [9.17, 15) is 14.0 Å². The summed E-state index contributed by atoms with van der Waals surface area (Å²) < 4.78 is 30.7. The van der Waals surface area contributed by atoms with Gasteiger partial charge in [-0.1, -0.05) is 23.2 Å². The Hall–Kier alpha value is -2.55. The van der Waals surface area contributed by atoms with Gasteiger partial charge in [0.05, 0.1) is 17.5 Å². The van der Waals surface area contributed by atoms with Crippen LogP contribution in [-0.2, 0) is 14.3 Å². The zero-order valence-corrected chi connectivity index (χ0v) is 21.9. The van der Waals surface area contributed by atoms with Crippen LogP contribution in [0.4, 0.5) is 4.39 Å². The first-order valence-electron chi connectivity index (χ1n) is 12.4. The molecule has 3 aliphatic carbocycles. The Morgan fingerprint density at radius 3 is 2.43 bits per heavy atom. The largest absolute Gasteiger partial charge is 0.489 e. The van der Waals surface area contributed by atoms with Gasteiger partial charge in [0.15, 0.2) is 6.61 Å². The van der Waals surface area contributed by atoms with Crippen molar-refractivity contribution in [3.8, 4) is 11.5 Å². The van der Waals surface area contributed by atoms with Crippen molar-refractivity contribution in [2.24, 2.45) is 11.8 Å². The summed E-state index contributed by atoms with van der Waals surface area (Å²) in [5, 5.41) is 6.81. The van der Waals surface area contributed by atoms with Crippen LogP contribution in [0, 0.1) is 17.7 Å². The molecule has 4 aliphatic rings. The Morgan fingerprint density at radius 1 is 1.00 bits per heavy atom. The van der Waals surface area contributed by atoms with E-state index >= 15 is 0 Å². The summed E-state index contributed by atoms with van der Waals surface area (Å²) in [4.78, 5) is 25.4. The SMILES string of the molecule is CO[C@@H]1C[C@H](CC(=O)NC2CC(NC(=O)COc3ccc(Cl)c(F)c3)C3CC2C3)Oc2ccc(Cl)cc21. The summed E-state index contributed by atoms with van der Waals surface area (Å²) in [6.07, 6.45) is 2.87. The van der Waals surface area contributed by atoms with Crippen molar-refractivity contribution in [2.45, 2.75) is 56.4 Å². The minimum Gasteiger partial charge on any atom is -0.489 e. The maximum Gasteiger partial charge on any atom is 0.258 e. The molecule has 37 heavy (non-hydrogen) atoms. The summed E-state index contributed by atoms with van der Waals surface area (Å²) >= 11 is 11.8. The molecule has 198 valence electrons. The van der Waals surface area contributed by atoms with Crippen molar-refractivity contribution in [3.05, 3.63) is 57.8 Å². The Morgan fingerprint density at radius 2 is 1.73 bits per heavy atom. The molecule has 2 aromatic carbocycles. The van der Waals surface area contributed by atoms with Gasteiger partial charge in [0.25, 0.3) is 5.91 Å². The fourth-order valence-electron chi connectivity index (χ4n) is 5.63. The summed E-state index contributed by atoms with van der Waals surface area (Å²) in [7, 11) is 1.64. The first kappa shape index (κ1) is 26.1. The third kappa shape index (κ3) is 5.97. The number of nitrogens with one attached hydrogen (secondary N) is 2. The highest BCUT2D eigenvalue weighted by Crippen LogP contribution is 2.46. The Labute approximate surface area is 224 Å². The first-order valence-corrected chi connectivity index (χ1v) is 13.2. The van der Waals surface area contributed by atoms with Crippen LogP contribution in [0.25, 0.3) is 0 Å². The van der Waals surface area contributed by atoms with Crippen LogP contribution in [0.5, 0.6) is 11.5 Å². The molecule has 2 unspecified atom stereocenters. The fourth-order valence-corrected chi connectivity index (χ4v) is 5.93. The zero-order chi connectivity index (χ0) is 26.1. The predicted octanol–water partition coefficient (Wildman–Crippen LogP) is 4.84. The molecule has 7 nitrogen and oxygen atoms in total. The van der Waals surface area contributed by atoms with Gasteiger partial charge in [-0.25, -0.2) is 4.39 Å². The minimum atomic E-state index is -0.601. The number of carbonyl (C=O) groups excluding carboxylic acids is 2. The fraction of sp³-hybridized carbons (Fsp3) is 0.481. The van der Waals surface area contributed by atoms with E-state index < -0.39 is 5.82 Å². The van der Waals surface area contributed by atoms with E-state index in [2.05, 4.69) is 10.6 Å². The molecule has 2 amide bonds. The third-order valence-electron chi connectivity index (χ3n) is 7.60. The lowest BCUT2D eigenvalue weighted by Crippen LogP contribution is -2.60. The second-order valence-electron chi connectivity index (χ2n) is 10.0. The molecule has 2 aromatic rings. The number of rotatable bonds is 8. The van der Waals surface area contributed by atoms with Gasteiger partial charge in [0.2, 0.25) is 5.91 Å². The Kier molecular flexibility index (Phi) is 7.79. The minimum absolute atomic E-state index is 0.00470. The number of methoxy groups -OCH3 is 1. The molecular weight excluding hydrogens is 522 g/mol. The number of carbonyl (C=O) groups is 2. The molecule has 0 spiro atoms. The lowest BCUT2D eigenvalue weighted by molar-refractivity contribution is -0.127. The quantitative estimate of drug-likeness (QED) is 0.491. The van der Waals surface area contributed by atoms with E-state index in [1.54, 1.807) is 13.2 Å². The molecule has 4 atom stereocenters. The molecule has 2 bridgehead atoms. The molecule has 0 saturated heterocycles. The highest BCUT2D eigenvalue weighted by atomic mass is 35.5. The van der Waals surface area contributed by atoms with E-state index in [0.717, 1.165) is 24.5 Å². The van der Waals surface area contributed by atoms with Gasteiger partial charge in [-0.15, -0.1) is 0 Å². The van der Waals surface area contributed by atoms with Crippen LogP contribution in [-0.4, -0.2) is 43.7 Å². The lowest BCUT2D eigenvalue weighted by Gasteiger charge is -2.51. The van der Waals surface area contributed by atoms with E-state index in [-0.39, 0.29) is 59.9 Å². The van der Waals surface area contributed by atoms with Crippen LogP contribution in [0.2, 0.25) is 10.0 Å². The van der Waals surface area contributed by atoms with E-state index in [1.165, 1.54) is 12.1 Å². The number of benzene rings is 2. The van der Waals surface area contributed by atoms with Crippen molar-refractivity contribution in [1.29, 1.82) is 0 Å². The average Bonchev–Trinajstić information content (AvgIpc) is 2.83. The maximum absolute atomic E-state index is 13.6. The summed E-state index contributed by atoms with van der Waals surface area (Å²) in [6.45, 7) is -0.225. The third-order valence-corrected chi connectivity index (χ3v) is 8.14. The van der Waals surface area contributed by atoms with Crippen molar-refractivity contribution in [2.75, 3.05) is 13.7 Å². The number of ether oxygens (including phenoxy) is 3. The number of fused-ring (bicyclic) bond motifs is 3. The number of hydrogen-bond acceptors (Lipinski definition) is 5. The molecule has 2 N–H and O–H groups in total. The second kappa shape index (κ2) is 11.1. The van der Waals surface area contributed by atoms with Crippen molar-refractivity contribution in [3.63, 3.8) is 0 Å². The van der Waals surface area contributed by atoms with Crippen LogP contribution >= 0.6 is 23.2 Å². The zero-order valence-electron chi connectivity index (χ0n) is 20.3. The molecule has 6 rings (SSSR count). The number of hydrogen-bond donors (Lipinski definition) is 2. The molecule has 3 fully saturated rings. The van der Waals surface area contributed by atoms with E-state index in [0.29, 0.717) is 35.4 Å². The molecule has 0 aromatic heterocycles. The molecule has 3 saturated carbocycles. The van der Waals surface area contributed by atoms with Crippen LogP contribution < -0.4 is 20.1 Å². The molecule has 1 aliphatic heterocycles. The topological polar surface area (TPSA) is 85.9 Å². The van der Waals surface area contributed by atoms with E-state index in [1.807, 2.05) is 12.1 Å². The normalized spacial score (nSPS) is 27.8. The van der Waals surface area contributed by atoms with E-state index in [4.69, 9.17) is 37.4 Å². The molecular formula is C27H29Cl2FN2O5. The molecule has 1 heterocycles. The van der Waals surface area contributed by atoms with Crippen LogP contribution in [0.1, 0.15) is 43.8 Å². The summed E-state index contributed by atoms with van der Waals surface area (Å²) in [5.41, 5.74) is 0.892. The summed E-state index contributed by atoms with van der Waals surface area (Å²) in [5.74, 6) is 0.768. The first-order chi connectivity index (χ1) is 17.8. The molecule has 10 heteroatoms. The van der Waals surface area contributed by atoms with Crippen molar-refractivity contribution >= 4 is 35.0 Å². The number of amides is 2. The van der Waals surface area contributed by atoms with Crippen molar-refractivity contribution in [1.82, 2.24) is 10.6 Å². The molecule has 0 radical (unpaired) electrons. The second-order valence-corrected chi connectivity index (χ2v) is 10.9. The van der Waals surface area contributed by atoms with Crippen LogP contribution in [0.15, 0.2) is 36.4 Å². The monoisotopic (exact) mass is 550 g/mol. The highest BCUT2D eigenvalue weighted by molar-refractivity contribution is 6.31. The predicted molar refractivity (Wildman–Crippen MR) is 136 cm³/mol. The summed E-state index contributed by atoms with van der Waals surface area (Å²) in [6, 6.07) is 9.40. The van der Waals surface area contributed by atoms with Gasteiger partial charge >= 0.3 is 0 Å². The number of halogens is 3. The van der Waals surface area contributed by atoms with Gasteiger partial charge in [-0.05, 0) is 61.4 Å². The lowest BCUT2D eigenvalue weighted by atomic mass is 9.60. The van der Waals surface area contributed by atoms with Gasteiger partial charge in [-0.2, -0.15) is 0 Å². The smallest absolute Gasteiger partial charge is 0.258 e. The van der Waals surface area contributed by atoms with Gasteiger partial charge < -0.3 is 24.8 Å². The van der Waals surface area contributed by atoms with Crippen LogP contribution in [0.3, 0.4) is 0 Å². The Balaban J connectivity index is 1.11. The average molecular weight is 551 g/mol. The Bertz CT molecular complexity index is 1180.